The average Bonchev–Trinajstić information content (AvgIpc) is 2.97. The van der Waals surface area contributed by atoms with Gasteiger partial charge in [0, 0.05) is 34.5 Å². The number of halogens is 1. The number of rotatable bonds is 10. The smallest absolute Gasteiger partial charge is 0.264 e. The molecular formula is C28H26BrN3O7S2. The Balaban J connectivity index is 1.43. The Bertz CT molecular complexity index is 1760. The zero-order valence-electron chi connectivity index (χ0n) is 22.2. The predicted octanol–water partition coefficient (Wildman–Crippen LogP) is 5.34. The van der Waals surface area contributed by atoms with E-state index in [9.17, 15) is 21.6 Å². The number of carbonyl (C=O) groups is 1. The maximum Gasteiger partial charge on any atom is 0.264 e. The summed E-state index contributed by atoms with van der Waals surface area (Å²) in [5.41, 5.74) is 1.41. The minimum Gasteiger partial charge on any atom is -0.493 e. The Labute approximate surface area is 247 Å². The molecule has 41 heavy (non-hydrogen) atoms. The Morgan fingerprint density at radius 3 is 1.88 bits per heavy atom. The summed E-state index contributed by atoms with van der Waals surface area (Å²) >= 11 is 3.30. The Kier molecular flexibility index (Phi) is 8.90. The van der Waals surface area contributed by atoms with Gasteiger partial charge >= 0.3 is 0 Å². The second kappa shape index (κ2) is 12.2. The Morgan fingerprint density at radius 2 is 1.29 bits per heavy atom. The van der Waals surface area contributed by atoms with Gasteiger partial charge in [0.2, 0.25) is 0 Å². The van der Waals surface area contributed by atoms with Crippen molar-refractivity contribution in [2.24, 2.45) is 0 Å². The van der Waals surface area contributed by atoms with Gasteiger partial charge in [-0.25, -0.2) is 16.8 Å². The van der Waals surface area contributed by atoms with Crippen molar-refractivity contribution in [2.45, 2.75) is 9.79 Å². The van der Waals surface area contributed by atoms with Gasteiger partial charge in [0.05, 0.1) is 29.7 Å². The lowest BCUT2D eigenvalue weighted by Crippen LogP contribution is -2.26. The van der Waals surface area contributed by atoms with Crippen molar-refractivity contribution in [1.82, 2.24) is 0 Å². The van der Waals surface area contributed by atoms with E-state index >= 15 is 0 Å². The molecule has 10 nitrogen and oxygen atoms in total. The molecule has 13 heteroatoms. The zero-order valence-corrected chi connectivity index (χ0v) is 25.4. The molecule has 1 amide bonds. The molecule has 0 heterocycles. The molecule has 0 saturated carbocycles. The normalized spacial score (nSPS) is 11.4. The van der Waals surface area contributed by atoms with Crippen LogP contribution in [-0.4, -0.2) is 44.0 Å². The fraction of sp³-hybridized carbons (Fsp3) is 0.107. The third-order valence-electron chi connectivity index (χ3n) is 6.03. The number of anilines is 3. The molecule has 0 saturated heterocycles. The third-order valence-corrected chi connectivity index (χ3v) is 9.73. The third kappa shape index (κ3) is 6.81. The fourth-order valence-corrected chi connectivity index (χ4v) is 6.28. The van der Waals surface area contributed by atoms with Crippen LogP contribution < -0.4 is 23.8 Å². The molecule has 4 aromatic rings. The van der Waals surface area contributed by atoms with E-state index in [4.69, 9.17) is 9.47 Å². The monoisotopic (exact) mass is 659 g/mol. The maximum atomic E-state index is 13.2. The number of ether oxygens (including phenoxy) is 2. The van der Waals surface area contributed by atoms with Gasteiger partial charge in [0.1, 0.15) is 0 Å². The first kappa shape index (κ1) is 29.9. The molecular weight excluding hydrogens is 634 g/mol. The van der Waals surface area contributed by atoms with Crippen molar-refractivity contribution < 1.29 is 31.1 Å². The lowest BCUT2D eigenvalue weighted by atomic mass is 10.2. The minimum absolute atomic E-state index is 0.0111. The highest BCUT2D eigenvalue weighted by Crippen LogP contribution is 2.32. The number of carbonyl (C=O) groups excluding carboxylic acids is 1. The highest BCUT2D eigenvalue weighted by Gasteiger charge is 2.23. The van der Waals surface area contributed by atoms with Gasteiger partial charge in [-0.3, -0.25) is 13.8 Å². The summed E-state index contributed by atoms with van der Waals surface area (Å²) in [4.78, 5) is 12.8. The van der Waals surface area contributed by atoms with Crippen molar-refractivity contribution >= 4 is 58.9 Å². The van der Waals surface area contributed by atoms with Crippen LogP contribution in [0, 0.1) is 0 Å². The first-order valence-corrected chi connectivity index (χ1v) is 15.7. The van der Waals surface area contributed by atoms with Crippen LogP contribution in [0.5, 0.6) is 11.5 Å². The van der Waals surface area contributed by atoms with E-state index in [2.05, 4.69) is 26.0 Å². The summed E-state index contributed by atoms with van der Waals surface area (Å²) in [6.45, 7) is 0. The molecule has 0 aromatic heterocycles. The number of amides is 1. The van der Waals surface area contributed by atoms with Gasteiger partial charge in [0.15, 0.2) is 11.5 Å². The average molecular weight is 661 g/mol. The van der Waals surface area contributed by atoms with E-state index in [1.54, 1.807) is 24.3 Å². The van der Waals surface area contributed by atoms with E-state index in [1.165, 1.54) is 88.0 Å². The van der Waals surface area contributed by atoms with E-state index in [0.29, 0.717) is 22.8 Å². The molecule has 0 spiro atoms. The quantitative estimate of drug-likeness (QED) is 0.235. The van der Waals surface area contributed by atoms with Crippen LogP contribution in [0.25, 0.3) is 0 Å². The summed E-state index contributed by atoms with van der Waals surface area (Å²) in [6, 6.07) is 22.7. The Morgan fingerprint density at radius 1 is 0.732 bits per heavy atom. The molecule has 4 aromatic carbocycles. The molecule has 214 valence electrons. The van der Waals surface area contributed by atoms with Crippen molar-refractivity contribution in [1.29, 1.82) is 0 Å². The van der Waals surface area contributed by atoms with Gasteiger partial charge in [-0.05, 0) is 84.9 Å². The highest BCUT2D eigenvalue weighted by molar-refractivity contribution is 9.10. The molecule has 0 fully saturated rings. The van der Waals surface area contributed by atoms with E-state index in [-0.39, 0.29) is 21.1 Å². The molecule has 0 aliphatic heterocycles. The van der Waals surface area contributed by atoms with Crippen LogP contribution in [0.15, 0.2) is 105 Å². The summed E-state index contributed by atoms with van der Waals surface area (Å²) < 4.78 is 66.5. The molecule has 0 aliphatic rings. The second-order valence-electron chi connectivity index (χ2n) is 8.63. The highest BCUT2D eigenvalue weighted by atomic mass is 79.9. The van der Waals surface area contributed by atoms with Crippen molar-refractivity contribution in [3.05, 3.63) is 101 Å². The van der Waals surface area contributed by atoms with Crippen molar-refractivity contribution in [3.63, 3.8) is 0 Å². The van der Waals surface area contributed by atoms with Crippen molar-refractivity contribution in [2.75, 3.05) is 35.6 Å². The number of nitrogens with one attached hydrogen (secondary N) is 2. The van der Waals surface area contributed by atoms with Crippen LogP contribution >= 0.6 is 15.9 Å². The van der Waals surface area contributed by atoms with E-state index in [1.807, 2.05) is 0 Å². The van der Waals surface area contributed by atoms with E-state index < -0.39 is 26.0 Å². The van der Waals surface area contributed by atoms with Crippen LogP contribution in [0.3, 0.4) is 0 Å². The number of hydrogen-bond acceptors (Lipinski definition) is 7. The van der Waals surface area contributed by atoms with Crippen LogP contribution in [0.1, 0.15) is 10.4 Å². The largest absolute Gasteiger partial charge is 0.493 e. The lowest BCUT2D eigenvalue weighted by Gasteiger charge is -2.20. The molecule has 0 radical (unpaired) electrons. The molecule has 0 aliphatic carbocycles. The topological polar surface area (TPSA) is 131 Å². The standard InChI is InChI=1S/C28H26BrN3O7S2/c1-32(41(36,37)25-16-17-26(38-2)27(18-25)39-3)23-12-4-19(5-13-23)28(33)30-21-10-14-24(15-11-21)40(34,35)31-22-8-6-20(29)7-9-22/h4-18,31H,1-3H3,(H,30,33). The van der Waals surface area contributed by atoms with E-state index in [0.717, 1.165) is 8.78 Å². The lowest BCUT2D eigenvalue weighted by molar-refractivity contribution is 0.102. The van der Waals surface area contributed by atoms with Crippen LogP contribution in [-0.2, 0) is 20.0 Å². The van der Waals surface area contributed by atoms with Crippen LogP contribution in [0.4, 0.5) is 17.1 Å². The van der Waals surface area contributed by atoms with Gasteiger partial charge in [-0.2, -0.15) is 0 Å². The Hall–Kier alpha value is -4.07. The number of methoxy groups -OCH3 is 2. The predicted molar refractivity (Wildman–Crippen MR) is 161 cm³/mol. The van der Waals surface area contributed by atoms with Gasteiger partial charge in [0.25, 0.3) is 26.0 Å². The fourth-order valence-electron chi connectivity index (χ4n) is 3.75. The van der Waals surface area contributed by atoms with Crippen LogP contribution in [0.2, 0.25) is 0 Å². The number of nitrogens with zero attached hydrogens (tertiary/aromatic N) is 1. The van der Waals surface area contributed by atoms with Gasteiger partial charge in [-0.1, -0.05) is 15.9 Å². The zero-order chi connectivity index (χ0) is 29.8. The number of benzene rings is 4. The van der Waals surface area contributed by atoms with Gasteiger partial charge < -0.3 is 14.8 Å². The van der Waals surface area contributed by atoms with Gasteiger partial charge in [-0.15, -0.1) is 0 Å². The number of sulfonamides is 2. The minimum atomic E-state index is -3.93. The first-order chi connectivity index (χ1) is 19.4. The molecule has 0 atom stereocenters. The van der Waals surface area contributed by atoms with Crippen molar-refractivity contribution in [3.8, 4) is 11.5 Å². The summed E-state index contributed by atoms with van der Waals surface area (Å²) in [5, 5.41) is 2.70. The summed E-state index contributed by atoms with van der Waals surface area (Å²) in [7, 11) is -3.47. The number of hydrogen-bond donors (Lipinski definition) is 2. The summed E-state index contributed by atoms with van der Waals surface area (Å²) in [5.74, 6) is 0.226. The SMILES string of the molecule is COc1ccc(S(=O)(=O)N(C)c2ccc(C(=O)Nc3ccc(S(=O)(=O)Nc4ccc(Br)cc4)cc3)cc2)cc1OC. The summed E-state index contributed by atoms with van der Waals surface area (Å²) in [6.07, 6.45) is 0. The molecule has 0 bridgehead atoms. The molecule has 4 rings (SSSR count). The molecule has 0 unspecified atom stereocenters. The molecule has 2 N–H and O–H groups in total. The first-order valence-electron chi connectivity index (χ1n) is 12.0. The second-order valence-corrected chi connectivity index (χ2v) is 13.2. The maximum absolute atomic E-state index is 13.2.